The summed E-state index contributed by atoms with van der Waals surface area (Å²) in [4.78, 5) is 0. The molecule has 0 atom stereocenters. The minimum Gasteiger partial charge on any atom is -0.378 e. The molecule has 0 spiro atoms. The minimum atomic E-state index is 0.390. The topological polar surface area (TPSA) is 147 Å². The number of hydrogen-bond acceptors (Lipinski definition) is 11. The van der Waals surface area contributed by atoms with Crippen LogP contribution in [-0.4, -0.2) is 114 Å². The third kappa shape index (κ3) is 18.1. The van der Waals surface area contributed by atoms with Crippen molar-refractivity contribution in [2.45, 2.75) is 13.1 Å². The highest BCUT2D eigenvalue weighted by atomic mass is 16.6. The fraction of sp³-hybridized carbons (Fsp3) is 0.895. The summed E-state index contributed by atoms with van der Waals surface area (Å²) in [5.74, 6) is 0. The standard InChI is InChI=1S/C19H39N5O7/c20-1-3-25-5-7-27-9-11-29-13-15-31-16-14-30-12-10-28-8-6-26-4-2-24-18-19(17-21)22-23-24/h18H,1-17,20-21H2. The SMILES string of the molecule is NCCOCCOCCOCCOCCOCCOCCOCCn1cc(CN)nn1. The van der Waals surface area contributed by atoms with Crippen molar-refractivity contribution in [3.63, 3.8) is 0 Å². The van der Waals surface area contributed by atoms with Gasteiger partial charge in [-0.3, -0.25) is 0 Å². The second-order valence-electron chi connectivity index (χ2n) is 6.25. The van der Waals surface area contributed by atoms with E-state index in [4.69, 9.17) is 44.6 Å². The van der Waals surface area contributed by atoms with E-state index in [1.165, 1.54) is 0 Å². The maximum atomic E-state index is 5.48. The molecule has 1 aromatic heterocycles. The van der Waals surface area contributed by atoms with Gasteiger partial charge in [0.1, 0.15) is 0 Å². The Morgan fingerprint density at radius 3 is 1.32 bits per heavy atom. The van der Waals surface area contributed by atoms with Crippen LogP contribution in [0, 0.1) is 0 Å². The Morgan fingerprint density at radius 1 is 0.581 bits per heavy atom. The second-order valence-corrected chi connectivity index (χ2v) is 6.25. The average molecular weight is 450 g/mol. The van der Waals surface area contributed by atoms with Crippen LogP contribution in [0.3, 0.4) is 0 Å². The maximum Gasteiger partial charge on any atom is 0.0962 e. The first-order valence-corrected chi connectivity index (χ1v) is 10.7. The quantitative estimate of drug-likeness (QED) is 0.184. The molecule has 0 aliphatic heterocycles. The molecule has 182 valence electrons. The van der Waals surface area contributed by atoms with Crippen LogP contribution in [-0.2, 0) is 46.2 Å². The monoisotopic (exact) mass is 449 g/mol. The fourth-order valence-electron chi connectivity index (χ4n) is 2.20. The van der Waals surface area contributed by atoms with Crippen molar-refractivity contribution in [1.29, 1.82) is 0 Å². The molecule has 0 aliphatic carbocycles. The number of aromatic nitrogens is 3. The molecule has 0 bridgehead atoms. The Kier molecular flexibility index (Phi) is 19.7. The molecule has 0 radical (unpaired) electrons. The molecule has 0 amide bonds. The van der Waals surface area contributed by atoms with Gasteiger partial charge in [-0.2, -0.15) is 0 Å². The minimum absolute atomic E-state index is 0.390. The van der Waals surface area contributed by atoms with Gasteiger partial charge in [0.05, 0.1) is 105 Å². The van der Waals surface area contributed by atoms with Crippen LogP contribution in [0.5, 0.6) is 0 Å². The summed E-state index contributed by atoms with van der Waals surface area (Å²) < 4.78 is 39.4. The number of ether oxygens (including phenoxy) is 7. The van der Waals surface area contributed by atoms with Crippen molar-refractivity contribution in [2.24, 2.45) is 11.5 Å². The lowest BCUT2D eigenvalue weighted by atomic mass is 10.5. The third-order valence-corrected chi connectivity index (χ3v) is 3.75. The van der Waals surface area contributed by atoms with Crippen molar-refractivity contribution in [2.75, 3.05) is 99.0 Å². The predicted molar refractivity (Wildman–Crippen MR) is 113 cm³/mol. The number of nitrogens with two attached hydrogens (primary N) is 2. The Labute approximate surface area is 184 Å². The van der Waals surface area contributed by atoms with E-state index in [2.05, 4.69) is 10.3 Å². The molecule has 0 saturated heterocycles. The summed E-state index contributed by atoms with van der Waals surface area (Å²) in [5.41, 5.74) is 11.6. The molecule has 0 fully saturated rings. The molecule has 31 heavy (non-hydrogen) atoms. The molecule has 0 saturated carbocycles. The van der Waals surface area contributed by atoms with Gasteiger partial charge >= 0.3 is 0 Å². The second kappa shape index (κ2) is 22.0. The van der Waals surface area contributed by atoms with Crippen LogP contribution in [0.4, 0.5) is 0 Å². The summed E-state index contributed by atoms with van der Waals surface area (Å²) in [6.45, 7) is 9.03. The average Bonchev–Trinajstić information content (AvgIpc) is 3.25. The van der Waals surface area contributed by atoms with Gasteiger partial charge in [0.2, 0.25) is 0 Å². The van der Waals surface area contributed by atoms with Crippen LogP contribution in [0.2, 0.25) is 0 Å². The van der Waals surface area contributed by atoms with Crippen molar-refractivity contribution in [1.82, 2.24) is 15.0 Å². The highest BCUT2D eigenvalue weighted by Gasteiger charge is 1.98. The van der Waals surface area contributed by atoms with Gasteiger partial charge in [0, 0.05) is 19.3 Å². The van der Waals surface area contributed by atoms with E-state index >= 15 is 0 Å². The zero-order valence-corrected chi connectivity index (χ0v) is 18.5. The molecule has 12 heteroatoms. The Morgan fingerprint density at radius 2 is 0.968 bits per heavy atom. The molecule has 1 rings (SSSR count). The van der Waals surface area contributed by atoms with Gasteiger partial charge in [-0.15, -0.1) is 5.10 Å². The third-order valence-electron chi connectivity index (χ3n) is 3.75. The lowest BCUT2D eigenvalue weighted by molar-refractivity contribution is -0.0205. The molecule has 4 N–H and O–H groups in total. The number of rotatable bonds is 24. The lowest BCUT2D eigenvalue weighted by Crippen LogP contribution is -2.15. The predicted octanol–water partition coefficient (Wildman–Crippen LogP) is -1.19. The van der Waals surface area contributed by atoms with Gasteiger partial charge < -0.3 is 44.6 Å². The normalized spacial score (nSPS) is 11.4. The van der Waals surface area contributed by atoms with Crippen molar-refractivity contribution in [3.05, 3.63) is 11.9 Å². The Hall–Kier alpha value is -1.22. The molecular formula is C19H39N5O7. The smallest absolute Gasteiger partial charge is 0.0962 e. The fourth-order valence-corrected chi connectivity index (χ4v) is 2.20. The number of nitrogens with zero attached hydrogens (tertiary/aromatic N) is 3. The van der Waals surface area contributed by atoms with E-state index < -0.39 is 0 Å². The van der Waals surface area contributed by atoms with Gasteiger partial charge in [-0.1, -0.05) is 5.21 Å². The van der Waals surface area contributed by atoms with E-state index in [-0.39, 0.29) is 0 Å². The van der Waals surface area contributed by atoms with E-state index in [1.807, 2.05) is 6.20 Å². The first-order chi connectivity index (χ1) is 15.4. The van der Waals surface area contributed by atoms with Crippen LogP contribution in [0.15, 0.2) is 6.20 Å². The summed E-state index contributed by atoms with van der Waals surface area (Å²) in [6, 6.07) is 0. The summed E-state index contributed by atoms with van der Waals surface area (Å²) >= 11 is 0. The zero-order chi connectivity index (χ0) is 22.2. The van der Waals surface area contributed by atoms with Gasteiger partial charge in [0.15, 0.2) is 0 Å². The van der Waals surface area contributed by atoms with E-state index in [1.54, 1.807) is 4.68 Å². The molecule has 0 aliphatic rings. The van der Waals surface area contributed by atoms with Crippen molar-refractivity contribution in [3.8, 4) is 0 Å². The van der Waals surface area contributed by atoms with Crippen LogP contribution >= 0.6 is 0 Å². The molecule has 12 nitrogen and oxygen atoms in total. The first-order valence-electron chi connectivity index (χ1n) is 10.7. The van der Waals surface area contributed by atoms with Crippen molar-refractivity contribution < 1.29 is 33.2 Å². The summed E-state index contributed by atoms with van der Waals surface area (Å²) in [5, 5.41) is 7.85. The Bertz CT molecular complexity index is 496. The Balaban J connectivity index is 1.67. The molecule has 1 heterocycles. The van der Waals surface area contributed by atoms with Crippen LogP contribution in [0.25, 0.3) is 0 Å². The van der Waals surface area contributed by atoms with E-state index in [0.29, 0.717) is 112 Å². The van der Waals surface area contributed by atoms with Crippen molar-refractivity contribution >= 4 is 0 Å². The molecule has 0 unspecified atom stereocenters. The summed E-state index contributed by atoms with van der Waals surface area (Å²) in [6.07, 6.45) is 1.81. The molecule has 0 aromatic carbocycles. The van der Waals surface area contributed by atoms with Crippen LogP contribution < -0.4 is 11.5 Å². The zero-order valence-electron chi connectivity index (χ0n) is 18.5. The van der Waals surface area contributed by atoms with E-state index in [0.717, 1.165) is 5.69 Å². The number of hydrogen-bond donors (Lipinski definition) is 2. The van der Waals surface area contributed by atoms with Crippen LogP contribution in [0.1, 0.15) is 5.69 Å². The maximum absolute atomic E-state index is 5.48. The first kappa shape index (κ1) is 27.8. The summed E-state index contributed by atoms with van der Waals surface area (Å²) in [7, 11) is 0. The molecule has 1 aromatic rings. The largest absolute Gasteiger partial charge is 0.378 e. The lowest BCUT2D eigenvalue weighted by Gasteiger charge is -2.08. The van der Waals surface area contributed by atoms with E-state index in [9.17, 15) is 0 Å². The highest BCUT2D eigenvalue weighted by molar-refractivity contribution is 4.90. The van der Waals surface area contributed by atoms with Gasteiger partial charge in [-0.25, -0.2) is 4.68 Å². The highest BCUT2D eigenvalue weighted by Crippen LogP contribution is 1.91. The van der Waals surface area contributed by atoms with Gasteiger partial charge in [0.25, 0.3) is 0 Å². The molecular weight excluding hydrogens is 410 g/mol. The van der Waals surface area contributed by atoms with Gasteiger partial charge in [-0.05, 0) is 0 Å².